The summed E-state index contributed by atoms with van der Waals surface area (Å²) in [4.78, 5) is 0. The van der Waals surface area contributed by atoms with E-state index >= 15 is 0 Å². The number of benzene rings is 1. The molecule has 2 nitrogen and oxygen atoms in total. The molecule has 0 radical (unpaired) electrons. The van der Waals surface area contributed by atoms with Crippen molar-refractivity contribution >= 4 is 0 Å². The Morgan fingerprint density at radius 2 is 1.89 bits per heavy atom. The maximum atomic E-state index is 14.0. The first kappa shape index (κ1) is 13.5. The van der Waals surface area contributed by atoms with Crippen molar-refractivity contribution in [3.05, 3.63) is 35.1 Å². The number of halogens is 1. The van der Waals surface area contributed by atoms with Crippen LogP contribution in [0.5, 0.6) is 0 Å². The van der Waals surface area contributed by atoms with E-state index in [4.69, 9.17) is 5.84 Å². The third-order valence-corrected chi connectivity index (χ3v) is 4.04. The highest BCUT2D eigenvalue weighted by Gasteiger charge is 2.25. The van der Waals surface area contributed by atoms with Crippen molar-refractivity contribution in [2.45, 2.75) is 51.5 Å². The minimum absolute atomic E-state index is 0.0528. The van der Waals surface area contributed by atoms with Crippen LogP contribution >= 0.6 is 0 Å². The van der Waals surface area contributed by atoms with Crippen LogP contribution in [0, 0.1) is 18.7 Å². The standard InChI is InChI=1S/C15H23FN2/c1-11-8-9-14(16)13(10-11)15(18-17)12-6-4-2-3-5-7-12/h8-10,12,15,18H,2-7,17H2,1H3. The van der Waals surface area contributed by atoms with Gasteiger partial charge in [-0.2, -0.15) is 0 Å². The minimum Gasteiger partial charge on any atom is -0.271 e. The van der Waals surface area contributed by atoms with Gasteiger partial charge in [0.1, 0.15) is 5.82 Å². The fraction of sp³-hybridized carbons (Fsp3) is 0.600. The maximum absolute atomic E-state index is 14.0. The lowest BCUT2D eigenvalue weighted by Crippen LogP contribution is -2.34. The van der Waals surface area contributed by atoms with E-state index < -0.39 is 0 Å². The van der Waals surface area contributed by atoms with E-state index in [9.17, 15) is 4.39 Å². The monoisotopic (exact) mass is 250 g/mol. The predicted octanol–water partition coefficient (Wildman–Crippen LogP) is 3.61. The number of rotatable bonds is 3. The fourth-order valence-electron chi connectivity index (χ4n) is 3.03. The summed E-state index contributed by atoms with van der Waals surface area (Å²) in [7, 11) is 0. The van der Waals surface area contributed by atoms with Crippen LogP contribution < -0.4 is 11.3 Å². The lowest BCUT2D eigenvalue weighted by molar-refractivity contribution is 0.321. The Hall–Kier alpha value is -0.930. The number of hydrogen-bond donors (Lipinski definition) is 2. The molecule has 0 heterocycles. The second kappa shape index (κ2) is 6.30. The van der Waals surface area contributed by atoms with Gasteiger partial charge in [-0.15, -0.1) is 0 Å². The molecule has 1 fully saturated rings. The summed E-state index contributed by atoms with van der Waals surface area (Å²) in [5, 5.41) is 0. The van der Waals surface area contributed by atoms with Crippen molar-refractivity contribution in [2.75, 3.05) is 0 Å². The summed E-state index contributed by atoms with van der Waals surface area (Å²) in [5.41, 5.74) is 4.65. The average molecular weight is 250 g/mol. The fourth-order valence-corrected chi connectivity index (χ4v) is 3.03. The molecule has 0 aromatic heterocycles. The second-order valence-electron chi connectivity index (χ2n) is 5.42. The molecule has 1 aromatic carbocycles. The third-order valence-electron chi connectivity index (χ3n) is 4.04. The van der Waals surface area contributed by atoms with Gasteiger partial charge in [-0.1, -0.05) is 43.4 Å². The average Bonchev–Trinajstić information content (AvgIpc) is 2.64. The summed E-state index contributed by atoms with van der Waals surface area (Å²) in [6, 6.07) is 5.22. The van der Waals surface area contributed by atoms with Crippen molar-refractivity contribution in [1.82, 2.24) is 5.43 Å². The molecule has 0 spiro atoms. The van der Waals surface area contributed by atoms with Crippen molar-refractivity contribution in [3.63, 3.8) is 0 Å². The van der Waals surface area contributed by atoms with E-state index in [1.54, 1.807) is 12.1 Å². The Kier molecular flexibility index (Phi) is 4.72. The van der Waals surface area contributed by atoms with Crippen LogP contribution in [0.25, 0.3) is 0 Å². The zero-order valence-corrected chi connectivity index (χ0v) is 11.1. The molecule has 0 bridgehead atoms. The van der Waals surface area contributed by atoms with Gasteiger partial charge < -0.3 is 0 Å². The highest BCUT2D eigenvalue weighted by Crippen LogP contribution is 2.34. The van der Waals surface area contributed by atoms with E-state index in [0.29, 0.717) is 5.92 Å². The predicted molar refractivity (Wildman–Crippen MR) is 72.4 cm³/mol. The maximum Gasteiger partial charge on any atom is 0.128 e. The lowest BCUT2D eigenvalue weighted by atomic mass is 9.87. The molecule has 1 unspecified atom stereocenters. The highest BCUT2D eigenvalue weighted by atomic mass is 19.1. The molecule has 3 heteroatoms. The van der Waals surface area contributed by atoms with E-state index in [1.165, 1.54) is 25.7 Å². The molecule has 3 N–H and O–H groups in total. The van der Waals surface area contributed by atoms with Gasteiger partial charge >= 0.3 is 0 Å². The Morgan fingerprint density at radius 1 is 1.22 bits per heavy atom. The molecule has 100 valence electrons. The molecule has 2 rings (SSSR count). The van der Waals surface area contributed by atoms with Crippen molar-refractivity contribution in [2.24, 2.45) is 11.8 Å². The minimum atomic E-state index is -0.146. The molecular weight excluding hydrogens is 227 g/mol. The van der Waals surface area contributed by atoms with Crippen molar-refractivity contribution in [1.29, 1.82) is 0 Å². The Bertz CT molecular complexity index is 384. The van der Waals surface area contributed by atoms with E-state index in [0.717, 1.165) is 24.0 Å². The molecule has 18 heavy (non-hydrogen) atoms. The summed E-state index contributed by atoms with van der Waals surface area (Å²) in [5.74, 6) is 6.00. The van der Waals surface area contributed by atoms with Crippen LogP contribution in [0.2, 0.25) is 0 Å². The zero-order chi connectivity index (χ0) is 13.0. The quantitative estimate of drug-likeness (QED) is 0.488. The first-order valence-electron chi connectivity index (χ1n) is 6.94. The summed E-state index contributed by atoms with van der Waals surface area (Å²) in [6.45, 7) is 1.99. The molecule has 1 atom stereocenters. The Balaban J connectivity index is 2.23. The molecule has 0 amide bonds. The first-order chi connectivity index (χ1) is 8.72. The van der Waals surface area contributed by atoms with Crippen LogP contribution in [0.15, 0.2) is 18.2 Å². The van der Waals surface area contributed by atoms with Gasteiger partial charge in [0.25, 0.3) is 0 Å². The van der Waals surface area contributed by atoms with Gasteiger partial charge in [0.2, 0.25) is 0 Å². The number of nitrogens with two attached hydrogens (primary N) is 1. The Labute approximate surface area is 109 Å². The molecule has 0 saturated heterocycles. The largest absolute Gasteiger partial charge is 0.271 e. The zero-order valence-electron chi connectivity index (χ0n) is 11.1. The van der Waals surface area contributed by atoms with Crippen molar-refractivity contribution in [3.8, 4) is 0 Å². The van der Waals surface area contributed by atoms with E-state index in [1.807, 2.05) is 13.0 Å². The second-order valence-corrected chi connectivity index (χ2v) is 5.42. The van der Waals surface area contributed by atoms with Crippen molar-refractivity contribution < 1.29 is 4.39 Å². The van der Waals surface area contributed by atoms with Crippen LogP contribution in [0.3, 0.4) is 0 Å². The molecule has 1 aromatic rings. The molecule has 1 aliphatic carbocycles. The summed E-state index contributed by atoms with van der Waals surface area (Å²) in [6.07, 6.45) is 7.34. The number of hydrogen-bond acceptors (Lipinski definition) is 2. The van der Waals surface area contributed by atoms with Crippen LogP contribution in [-0.2, 0) is 0 Å². The van der Waals surface area contributed by atoms with E-state index in [-0.39, 0.29) is 11.9 Å². The van der Waals surface area contributed by atoms with Gasteiger partial charge in [-0.05, 0) is 31.7 Å². The number of aryl methyl sites for hydroxylation is 1. The third kappa shape index (κ3) is 3.09. The summed E-state index contributed by atoms with van der Waals surface area (Å²) >= 11 is 0. The highest BCUT2D eigenvalue weighted by molar-refractivity contribution is 5.27. The van der Waals surface area contributed by atoms with Gasteiger partial charge in [0.15, 0.2) is 0 Å². The van der Waals surface area contributed by atoms with Gasteiger partial charge in [0, 0.05) is 5.56 Å². The van der Waals surface area contributed by atoms with Crippen LogP contribution in [0.4, 0.5) is 4.39 Å². The van der Waals surface area contributed by atoms with Gasteiger partial charge in [-0.25, -0.2) is 4.39 Å². The molecule has 1 saturated carbocycles. The topological polar surface area (TPSA) is 38.0 Å². The number of nitrogens with one attached hydrogen (secondary N) is 1. The van der Waals surface area contributed by atoms with Crippen LogP contribution in [-0.4, -0.2) is 0 Å². The summed E-state index contributed by atoms with van der Waals surface area (Å²) < 4.78 is 14.0. The van der Waals surface area contributed by atoms with E-state index in [2.05, 4.69) is 5.43 Å². The first-order valence-corrected chi connectivity index (χ1v) is 6.94. The smallest absolute Gasteiger partial charge is 0.128 e. The molecular formula is C15H23FN2. The van der Waals surface area contributed by atoms with Gasteiger partial charge in [0.05, 0.1) is 6.04 Å². The number of hydrazine groups is 1. The van der Waals surface area contributed by atoms with Gasteiger partial charge in [-0.3, -0.25) is 11.3 Å². The SMILES string of the molecule is Cc1ccc(F)c(C(NN)C2CCCCCC2)c1. The Morgan fingerprint density at radius 3 is 2.50 bits per heavy atom. The normalized spacial score (nSPS) is 19.5. The van der Waals surface area contributed by atoms with Crippen LogP contribution in [0.1, 0.15) is 55.7 Å². The lowest BCUT2D eigenvalue weighted by Gasteiger charge is -2.26. The molecule has 0 aliphatic heterocycles. The molecule has 1 aliphatic rings.